The second kappa shape index (κ2) is 7.24. The Bertz CT molecular complexity index is 617. The molecule has 5 heteroatoms. The molecule has 4 nitrogen and oxygen atoms in total. The van der Waals surface area contributed by atoms with Crippen LogP contribution in [0.15, 0.2) is 53.0 Å². The van der Waals surface area contributed by atoms with Crippen molar-refractivity contribution in [1.29, 1.82) is 0 Å². The molecule has 0 saturated heterocycles. The van der Waals surface area contributed by atoms with Gasteiger partial charge in [-0.1, -0.05) is 46.3 Å². The van der Waals surface area contributed by atoms with Crippen LogP contribution in [0.2, 0.25) is 0 Å². The Morgan fingerprint density at radius 2 is 1.95 bits per heavy atom. The highest BCUT2D eigenvalue weighted by Gasteiger charge is 2.15. The van der Waals surface area contributed by atoms with E-state index in [0.29, 0.717) is 12.1 Å². The van der Waals surface area contributed by atoms with E-state index in [1.54, 1.807) is 12.1 Å². The number of carbonyl (C=O) groups excluding carboxylic acids is 1. The van der Waals surface area contributed by atoms with Gasteiger partial charge in [0, 0.05) is 4.47 Å². The van der Waals surface area contributed by atoms with Crippen molar-refractivity contribution >= 4 is 27.5 Å². The zero-order valence-corrected chi connectivity index (χ0v) is 13.0. The number of hydrogen-bond acceptors (Lipinski definition) is 3. The summed E-state index contributed by atoms with van der Waals surface area (Å²) in [6.45, 7) is 0. The minimum atomic E-state index is -0.622. The molecule has 0 saturated carbocycles. The summed E-state index contributed by atoms with van der Waals surface area (Å²) in [5.74, 6) is -0.291. The molecule has 0 heterocycles. The third-order valence-corrected chi connectivity index (χ3v) is 3.63. The van der Waals surface area contributed by atoms with E-state index in [9.17, 15) is 9.90 Å². The molecule has 1 unspecified atom stereocenters. The number of phenols is 1. The normalized spacial score (nSPS) is 11.9. The number of benzene rings is 2. The monoisotopic (exact) mass is 348 g/mol. The summed E-state index contributed by atoms with van der Waals surface area (Å²) in [7, 11) is 0. The first-order valence-electron chi connectivity index (χ1n) is 6.65. The molecule has 0 aromatic heterocycles. The molecule has 0 aliphatic rings. The fourth-order valence-corrected chi connectivity index (χ4v) is 2.29. The highest BCUT2D eigenvalue weighted by Crippen LogP contribution is 2.26. The number of rotatable bonds is 5. The van der Waals surface area contributed by atoms with Crippen LogP contribution < -0.4 is 11.1 Å². The first-order chi connectivity index (χ1) is 10.1. The number of aromatic hydroxyl groups is 1. The Hall–Kier alpha value is -1.85. The highest BCUT2D eigenvalue weighted by atomic mass is 79.9. The van der Waals surface area contributed by atoms with Gasteiger partial charge in [-0.2, -0.15) is 0 Å². The molecule has 0 fully saturated rings. The largest absolute Gasteiger partial charge is 0.506 e. The van der Waals surface area contributed by atoms with Crippen LogP contribution in [0.25, 0.3) is 0 Å². The van der Waals surface area contributed by atoms with Crippen molar-refractivity contribution in [3.8, 4) is 5.75 Å². The number of nitrogens with one attached hydrogen (secondary N) is 1. The Labute approximate surface area is 132 Å². The minimum Gasteiger partial charge on any atom is -0.506 e. The number of halogens is 1. The van der Waals surface area contributed by atoms with Crippen molar-refractivity contribution in [3.05, 3.63) is 58.6 Å². The summed E-state index contributed by atoms with van der Waals surface area (Å²) in [6.07, 6.45) is 1.28. The molecule has 2 aromatic carbocycles. The van der Waals surface area contributed by atoms with Crippen molar-refractivity contribution in [2.45, 2.75) is 18.9 Å². The Morgan fingerprint density at radius 1 is 1.24 bits per heavy atom. The van der Waals surface area contributed by atoms with Gasteiger partial charge >= 0.3 is 0 Å². The van der Waals surface area contributed by atoms with Crippen LogP contribution in [0.3, 0.4) is 0 Å². The second-order valence-electron chi connectivity index (χ2n) is 4.78. The topological polar surface area (TPSA) is 75.4 Å². The summed E-state index contributed by atoms with van der Waals surface area (Å²) in [5.41, 5.74) is 7.39. The van der Waals surface area contributed by atoms with E-state index in [1.807, 2.05) is 30.3 Å². The number of phenolic OH excluding ortho intramolecular Hbond substituents is 1. The van der Waals surface area contributed by atoms with Gasteiger partial charge in [0.1, 0.15) is 5.75 Å². The molecular formula is C16H17BrN2O2. The molecule has 0 spiro atoms. The van der Waals surface area contributed by atoms with Crippen molar-refractivity contribution in [2.75, 3.05) is 5.32 Å². The van der Waals surface area contributed by atoms with E-state index in [4.69, 9.17) is 5.73 Å². The van der Waals surface area contributed by atoms with Gasteiger partial charge < -0.3 is 16.2 Å². The van der Waals surface area contributed by atoms with Gasteiger partial charge in [0.2, 0.25) is 5.91 Å². The number of amides is 1. The van der Waals surface area contributed by atoms with E-state index in [1.165, 1.54) is 6.07 Å². The summed E-state index contributed by atoms with van der Waals surface area (Å²) >= 11 is 3.29. The third-order valence-electron chi connectivity index (χ3n) is 3.14. The zero-order valence-electron chi connectivity index (χ0n) is 11.4. The van der Waals surface area contributed by atoms with Gasteiger partial charge in [-0.3, -0.25) is 4.79 Å². The van der Waals surface area contributed by atoms with Gasteiger partial charge in [0.05, 0.1) is 11.7 Å². The Morgan fingerprint density at radius 3 is 2.67 bits per heavy atom. The molecule has 21 heavy (non-hydrogen) atoms. The van der Waals surface area contributed by atoms with Gasteiger partial charge in [-0.15, -0.1) is 0 Å². The van der Waals surface area contributed by atoms with Crippen molar-refractivity contribution in [2.24, 2.45) is 5.73 Å². The number of nitrogens with two attached hydrogens (primary N) is 1. The lowest BCUT2D eigenvalue weighted by molar-refractivity contribution is -0.117. The molecule has 1 atom stereocenters. The maximum atomic E-state index is 12.0. The van der Waals surface area contributed by atoms with Crippen LogP contribution in [0.4, 0.5) is 5.69 Å². The molecule has 0 aliphatic heterocycles. The fourth-order valence-electron chi connectivity index (χ4n) is 1.93. The second-order valence-corrected chi connectivity index (χ2v) is 5.70. The van der Waals surface area contributed by atoms with Crippen molar-refractivity contribution in [1.82, 2.24) is 0 Å². The lowest BCUT2D eigenvalue weighted by Gasteiger charge is -2.13. The molecule has 4 N–H and O–H groups in total. The fraction of sp³-hybridized carbons (Fsp3) is 0.188. The smallest absolute Gasteiger partial charge is 0.241 e. The molecule has 0 radical (unpaired) electrons. The van der Waals surface area contributed by atoms with Crippen LogP contribution in [0.5, 0.6) is 5.75 Å². The van der Waals surface area contributed by atoms with E-state index in [-0.39, 0.29) is 11.7 Å². The number of carbonyl (C=O) groups is 1. The van der Waals surface area contributed by atoms with Gasteiger partial charge in [-0.25, -0.2) is 0 Å². The maximum Gasteiger partial charge on any atom is 0.241 e. The molecule has 110 valence electrons. The minimum absolute atomic E-state index is 0.0156. The lowest BCUT2D eigenvalue weighted by atomic mass is 10.1. The maximum absolute atomic E-state index is 12.0. The van der Waals surface area contributed by atoms with Crippen LogP contribution in [-0.4, -0.2) is 17.1 Å². The van der Waals surface area contributed by atoms with Crippen molar-refractivity contribution in [3.63, 3.8) is 0 Å². The van der Waals surface area contributed by atoms with Crippen LogP contribution in [-0.2, 0) is 11.2 Å². The highest BCUT2D eigenvalue weighted by molar-refractivity contribution is 9.10. The molecule has 2 rings (SSSR count). The number of hydrogen-bond donors (Lipinski definition) is 3. The Balaban J connectivity index is 1.92. The summed E-state index contributed by atoms with van der Waals surface area (Å²) in [6, 6.07) is 14.1. The van der Waals surface area contributed by atoms with Crippen LogP contribution >= 0.6 is 15.9 Å². The zero-order chi connectivity index (χ0) is 15.2. The quantitative estimate of drug-likeness (QED) is 0.727. The van der Waals surface area contributed by atoms with Gasteiger partial charge in [0.15, 0.2) is 0 Å². The SMILES string of the molecule is NC(CCc1ccccc1)C(=O)Nc1cc(Br)ccc1O. The third kappa shape index (κ3) is 4.58. The first kappa shape index (κ1) is 15.5. The van der Waals surface area contributed by atoms with Crippen molar-refractivity contribution < 1.29 is 9.90 Å². The average molecular weight is 349 g/mol. The van der Waals surface area contributed by atoms with E-state index >= 15 is 0 Å². The standard InChI is InChI=1S/C16H17BrN2O2/c17-12-7-9-15(20)14(10-12)19-16(21)13(18)8-6-11-4-2-1-3-5-11/h1-5,7,9-10,13,20H,6,8,18H2,(H,19,21). The van der Waals surface area contributed by atoms with Gasteiger partial charge in [0.25, 0.3) is 0 Å². The average Bonchev–Trinajstić information content (AvgIpc) is 2.49. The summed E-state index contributed by atoms with van der Waals surface area (Å²) < 4.78 is 0.772. The molecule has 2 aromatic rings. The molecule has 0 bridgehead atoms. The molecule has 1 amide bonds. The molecular weight excluding hydrogens is 332 g/mol. The predicted octanol–water partition coefficient (Wildman–Crippen LogP) is 3.05. The first-order valence-corrected chi connectivity index (χ1v) is 7.44. The summed E-state index contributed by atoms with van der Waals surface area (Å²) in [5, 5.41) is 12.3. The van der Waals surface area contributed by atoms with E-state index < -0.39 is 6.04 Å². The van der Waals surface area contributed by atoms with Gasteiger partial charge in [-0.05, 0) is 36.6 Å². The predicted molar refractivity (Wildman–Crippen MR) is 87.2 cm³/mol. The molecule has 0 aliphatic carbocycles. The van der Waals surface area contributed by atoms with E-state index in [0.717, 1.165) is 16.5 Å². The van der Waals surface area contributed by atoms with Crippen LogP contribution in [0.1, 0.15) is 12.0 Å². The Kier molecular flexibility index (Phi) is 5.36. The summed E-state index contributed by atoms with van der Waals surface area (Å²) in [4.78, 5) is 12.0. The lowest BCUT2D eigenvalue weighted by Crippen LogP contribution is -2.36. The number of aryl methyl sites for hydroxylation is 1. The van der Waals surface area contributed by atoms with E-state index in [2.05, 4.69) is 21.2 Å². The van der Waals surface area contributed by atoms with Crippen LogP contribution in [0, 0.1) is 0 Å². The number of anilines is 1.